The summed E-state index contributed by atoms with van der Waals surface area (Å²) in [5.74, 6) is 0. The Kier molecular flexibility index (Phi) is 4.42. The first-order valence-electron chi connectivity index (χ1n) is 2.01. The fraction of sp³-hybridized carbons (Fsp3) is 1.00. The molecular weight excluding hydrogens is 133 g/mol. The van der Waals surface area contributed by atoms with Gasteiger partial charge >= 0.3 is 0 Å². The van der Waals surface area contributed by atoms with Crippen molar-refractivity contribution < 1.29 is 33.0 Å². The maximum absolute atomic E-state index is 8.14. The fourth-order valence-corrected chi connectivity index (χ4v) is 0. The summed E-state index contributed by atoms with van der Waals surface area (Å²) in [6.07, 6.45) is 0. The highest BCUT2D eigenvalue weighted by Crippen LogP contribution is 1.95. The number of hydrogen-bond acceptors (Lipinski definition) is 3. The molecular formula is C3H10ClNO3. The molecule has 0 aliphatic carbocycles. The highest BCUT2D eigenvalue weighted by atomic mass is 35.5. The van der Waals surface area contributed by atoms with Crippen LogP contribution in [0.25, 0.3) is 0 Å². The zero-order valence-corrected chi connectivity index (χ0v) is 5.50. The minimum Gasteiger partial charge on any atom is -1.00 e. The number of nitrogens with zero attached hydrogens (tertiary/aromatic N) is 1. The number of quaternary nitrogens is 1. The van der Waals surface area contributed by atoms with Gasteiger partial charge in [-0.25, -0.2) is 0 Å². The van der Waals surface area contributed by atoms with Crippen LogP contribution in [0.4, 0.5) is 0 Å². The maximum Gasteiger partial charge on any atom is 0.181 e. The van der Waals surface area contributed by atoms with Crippen LogP contribution in [-0.4, -0.2) is 26.6 Å². The molecule has 4 nitrogen and oxygen atoms in total. The molecule has 0 amide bonds. The van der Waals surface area contributed by atoms with Crippen LogP contribution in [0.15, 0.2) is 0 Å². The van der Waals surface area contributed by atoms with Crippen LogP contribution in [0.3, 0.4) is 0 Å². The molecule has 0 bridgehead atoms. The van der Waals surface area contributed by atoms with Crippen LogP contribution < -0.4 is 12.4 Å². The Morgan fingerprint density at radius 2 is 1.25 bits per heavy atom. The molecule has 0 aliphatic rings. The van der Waals surface area contributed by atoms with Crippen molar-refractivity contribution in [3.8, 4) is 0 Å². The molecule has 0 saturated carbocycles. The Bertz CT molecular complexity index is 60.0. The molecule has 0 unspecified atom stereocenters. The predicted molar refractivity (Wildman–Crippen MR) is 20.8 cm³/mol. The van der Waals surface area contributed by atoms with E-state index in [0.717, 1.165) is 0 Å². The lowest BCUT2D eigenvalue weighted by Gasteiger charge is -2.14. The Labute approximate surface area is 53.8 Å². The molecule has 0 radical (unpaired) electrons. The molecule has 0 aliphatic heterocycles. The van der Waals surface area contributed by atoms with Crippen molar-refractivity contribution in [2.75, 3.05) is 0 Å². The fourth-order valence-electron chi connectivity index (χ4n) is 0. The molecule has 0 aromatic rings. The molecule has 3 N–H and O–H groups in total. The molecule has 0 atom stereocenters. The van der Waals surface area contributed by atoms with Crippen molar-refractivity contribution in [1.82, 2.24) is 0 Å². The Hall–Kier alpha value is 0.130. The second-order valence-electron chi connectivity index (χ2n) is 1.71. The molecule has 0 fully saturated rings. The minimum atomic E-state index is -1.94. The van der Waals surface area contributed by atoms with Gasteiger partial charge in [-0.05, 0) is 13.8 Å². The van der Waals surface area contributed by atoms with E-state index in [1.54, 1.807) is 0 Å². The number of hydrogen-bond donors (Lipinski definition) is 3. The van der Waals surface area contributed by atoms with Crippen molar-refractivity contribution in [2.24, 2.45) is 0 Å². The Morgan fingerprint density at radius 1 is 1.12 bits per heavy atom. The van der Waals surface area contributed by atoms with Gasteiger partial charge in [-0.15, -0.1) is 15.6 Å². The van der Waals surface area contributed by atoms with E-state index in [1.165, 1.54) is 13.8 Å². The van der Waals surface area contributed by atoms with Crippen molar-refractivity contribution in [3.63, 3.8) is 0 Å². The van der Waals surface area contributed by atoms with E-state index in [4.69, 9.17) is 15.6 Å². The highest BCUT2D eigenvalue weighted by molar-refractivity contribution is 4.22. The first-order chi connectivity index (χ1) is 2.94. The van der Waals surface area contributed by atoms with Crippen LogP contribution in [-0.2, 0) is 0 Å². The van der Waals surface area contributed by atoms with E-state index >= 15 is 0 Å². The van der Waals surface area contributed by atoms with E-state index in [0.29, 0.717) is 0 Å². The molecule has 52 valence electrons. The number of rotatable bonds is 1. The first kappa shape index (κ1) is 11.0. The molecule has 5 heteroatoms. The average molecular weight is 144 g/mol. The van der Waals surface area contributed by atoms with Gasteiger partial charge in [0.2, 0.25) is 0 Å². The molecule has 8 heavy (non-hydrogen) atoms. The largest absolute Gasteiger partial charge is 1.00 e. The quantitative estimate of drug-likeness (QED) is 0.278. The van der Waals surface area contributed by atoms with Crippen LogP contribution in [0, 0.1) is 0 Å². The SMILES string of the molecule is CC(C)[N+](O)(O)O.[Cl-]. The summed E-state index contributed by atoms with van der Waals surface area (Å²) < 4.78 is 0. The Morgan fingerprint density at radius 3 is 1.25 bits per heavy atom. The second-order valence-corrected chi connectivity index (χ2v) is 1.71. The minimum absolute atomic E-state index is 0. The normalized spacial score (nSPS) is 11.2. The molecule has 0 saturated heterocycles. The molecule has 0 aromatic carbocycles. The standard InChI is InChI=1S/C3H10NO3.ClH/c1-3(2)4(5,6)7;/h3,5-7H,1-2H3;1H/q+1;/p-1. The van der Waals surface area contributed by atoms with Gasteiger partial charge in [-0.3, -0.25) is 0 Å². The smallest absolute Gasteiger partial charge is 0.181 e. The van der Waals surface area contributed by atoms with Crippen LogP contribution >= 0.6 is 0 Å². The van der Waals surface area contributed by atoms with Crippen molar-refractivity contribution in [1.29, 1.82) is 0 Å². The topological polar surface area (TPSA) is 60.7 Å². The third-order valence-electron chi connectivity index (χ3n) is 0.693. The number of halogens is 1. The molecule has 0 rings (SSSR count). The summed E-state index contributed by atoms with van der Waals surface area (Å²) in [5.41, 5.74) is 0. The molecule has 0 aromatic heterocycles. The van der Waals surface area contributed by atoms with Crippen LogP contribution in [0.1, 0.15) is 13.8 Å². The zero-order valence-electron chi connectivity index (χ0n) is 4.74. The lowest BCUT2D eigenvalue weighted by molar-refractivity contribution is -1.38. The van der Waals surface area contributed by atoms with Gasteiger partial charge in [-0.1, -0.05) is 0 Å². The Balaban J connectivity index is 0. The van der Waals surface area contributed by atoms with Gasteiger partial charge in [0.25, 0.3) is 0 Å². The molecule has 0 heterocycles. The van der Waals surface area contributed by atoms with Crippen LogP contribution in [0.2, 0.25) is 0 Å². The van der Waals surface area contributed by atoms with Crippen molar-refractivity contribution in [3.05, 3.63) is 0 Å². The summed E-state index contributed by atoms with van der Waals surface area (Å²) in [6.45, 7) is 2.94. The predicted octanol–water partition coefficient (Wildman–Crippen LogP) is -2.62. The summed E-state index contributed by atoms with van der Waals surface area (Å²) >= 11 is 0. The lowest BCUT2D eigenvalue weighted by Crippen LogP contribution is -3.00. The first-order valence-corrected chi connectivity index (χ1v) is 2.01. The third-order valence-corrected chi connectivity index (χ3v) is 0.693. The van der Waals surface area contributed by atoms with Crippen molar-refractivity contribution in [2.45, 2.75) is 19.9 Å². The number of hydroxylamine groups is 3. The van der Waals surface area contributed by atoms with E-state index in [1.807, 2.05) is 0 Å². The van der Waals surface area contributed by atoms with Gasteiger partial charge in [0, 0.05) is 0 Å². The van der Waals surface area contributed by atoms with Gasteiger partial charge in [0.1, 0.15) is 0 Å². The monoisotopic (exact) mass is 143 g/mol. The highest BCUT2D eigenvalue weighted by Gasteiger charge is 2.23. The average Bonchev–Trinajstić information content (AvgIpc) is 1.31. The van der Waals surface area contributed by atoms with Gasteiger partial charge in [-0.2, -0.15) is 0 Å². The lowest BCUT2D eigenvalue weighted by atomic mass is 10.4. The van der Waals surface area contributed by atoms with E-state index < -0.39 is 11.0 Å². The van der Waals surface area contributed by atoms with E-state index in [-0.39, 0.29) is 12.4 Å². The summed E-state index contributed by atoms with van der Waals surface area (Å²) in [4.78, 5) is -1.94. The van der Waals surface area contributed by atoms with Crippen molar-refractivity contribution >= 4 is 0 Å². The maximum atomic E-state index is 8.14. The van der Waals surface area contributed by atoms with Gasteiger partial charge in [0.05, 0.1) is 4.97 Å². The van der Waals surface area contributed by atoms with Crippen LogP contribution in [0.5, 0.6) is 0 Å². The molecule has 0 spiro atoms. The summed E-state index contributed by atoms with van der Waals surface area (Å²) in [6, 6.07) is -0.597. The van der Waals surface area contributed by atoms with Gasteiger partial charge < -0.3 is 12.4 Å². The van der Waals surface area contributed by atoms with Gasteiger partial charge in [0.15, 0.2) is 6.04 Å². The zero-order chi connectivity index (χ0) is 6.08. The summed E-state index contributed by atoms with van der Waals surface area (Å²) in [7, 11) is 0. The third kappa shape index (κ3) is 4.29. The van der Waals surface area contributed by atoms with E-state index in [2.05, 4.69) is 0 Å². The van der Waals surface area contributed by atoms with E-state index in [9.17, 15) is 0 Å². The summed E-state index contributed by atoms with van der Waals surface area (Å²) in [5, 5.41) is 24.4. The second kappa shape index (κ2) is 3.21.